The lowest BCUT2D eigenvalue weighted by Crippen LogP contribution is -2.30. The molecular formula is C15H16ClN3O. The topological polar surface area (TPSA) is 54.0 Å². The Morgan fingerprint density at radius 1 is 1.30 bits per heavy atom. The van der Waals surface area contributed by atoms with Crippen LogP contribution < -0.4 is 10.6 Å². The minimum atomic E-state index is -0.131. The molecule has 0 aliphatic carbocycles. The summed E-state index contributed by atoms with van der Waals surface area (Å²) in [5.74, 6) is -0.131. The number of hydrogen-bond acceptors (Lipinski definition) is 3. The van der Waals surface area contributed by atoms with E-state index in [0.29, 0.717) is 10.7 Å². The average molecular weight is 290 g/mol. The third kappa shape index (κ3) is 4.05. The highest BCUT2D eigenvalue weighted by Gasteiger charge is 2.09. The number of rotatable bonds is 5. The Labute approximate surface area is 123 Å². The van der Waals surface area contributed by atoms with Gasteiger partial charge < -0.3 is 10.6 Å². The smallest absolute Gasteiger partial charge is 0.238 e. The van der Waals surface area contributed by atoms with Crippen molar-refractivity contribution >= 4 is 23.2 Å². The number of carbonyl (C=O) groups is 1. The maximum absolute atomic E-state index is 11.9. The van der Waals surface area contributed by atoms with E-state index in [2.05, 4.69) is 15.6 Å². The first-order valence-corrected chi connectivity index (χ1v) is 6.72. The van der Waals surface area contributed by atoms with Crippen LogP contribution in [0.1, 0.15) is 18.5 Å². The van der Waals surface area contributed by atoms with Crippen LogP contribution in [0.15, 0.2) is 48.8 Å². The largest absolute Gasteiger partial charge is 0.324 e. The van der Waals surface area contributed by atoms with Crippen molar-refractivity contribution in [3.05, 3.63) is 59.4 Å². The summed E-state index contributed by atoms with van der Waals surface area (Å²) in [6.45, 7) is 2.20. The van der Waals surface area contributed by atoms with Crippen LogP contribution in [-0.2, 0) is 4.79 Å². The quantitative estimate of drug-likeness (QED) is 0.889. The highest BCUT2D eigenvalue weighted by molar-refractivity contribution is 6.33. The van der Waals surface area contributed by atoms with Gasteiger partial charge in [-0.3, -0.25) is 9.78 Å². The van der Waals surface area contributed by atoms with Gasteiger partial charge in [-0.25, -0.2) is 0 Å². The highest BCUT2D eigenvalue weighted by Crippen LogP contribution is 2.20. The van der Waals surface area contributed by atoms with Gasteiger partial charge in [-0.15, -0.1) is 0 Å². The van der Waals surface area contributed by atoms with Gasteiger partial charge in [-0.1, -0.05) is 29.8 Å². The molecule has 104 valence electrons. The fourth-order valence-corrected chi connectivity index (χ4v) is 1.94. The molecule has 20 heavy (non-hydrogen) atoms. The first-order valence-electron chi connectivity index (χ1n) is 6.34. The van der Waals surface area contributed by atoms with E-state index in [1.807, 2.05) is 31.2 Å². The molecule has 0 aliphatic heterocycles. The second-order valence-electron chi connectivity index (χ2n) is 4.42. The molecule has 5 heteroatoms. The van der Waals surface area contributed by atoms with Gasteiger partial charge in [0, 0.05) is 18.4 Å². The van der Waals surface area contributed by atoms with Crippen LogP contribution in [0.2, 0.25) is 5.02 Å². The molecule has 2 N–H and O–H groups in total. The molecule has 1 aromatic heterocycles. The Morgan fingerprint density at radius 2 is 2.10 bits per heavy atom. The van der Waals surface area contributed by atoms with Gasteiger partial charge in [0.05, 0.1) is 17.3 Å². The van der Waals surface area contributed by atoms with E-state index in [1.165, 1.54) is 0 Å². The SMILES string of the molecule is C[C@@H](NCC(=O)Nc1ccccc1Cl)c1cccnc1. The van der Waals surface area contributed by atoms with Crippen molar-refractivity contribution in [1.29, 1.82) is 0 Å². The third-order valence-electron chi connectivity index (χ3n) is 2.90. The molecule has 0 spiro atoms. The minimum absolute atomic E-state index is 0.0562. The molecule has 4 nitrogen and oxygen atoms in total. The fourth-order valence-electron chi connectivity index (χ4n) is 1.75. The van der Waals surface area contributed by atoms with E-state index in [-0.39, 0.29) is 18.5 Å². The van der Waals surface area contributed by atoms with Gasteiger partial charge in [0.25, 0.3) is 0 Å². The van der Waals surface area contributed by atoms with Crippen molar-refractivity contribution in [3.8, 4) is 0 Å². The second kappa shape index (κ2) is 7.03. The standard InChI is InChI=1S/C15H16ClN3O/c1-11(12-5-4-8-17-9-12)18-10-15(20)19-14-7-3-2-6-13(14)16/h2-9,11,18H,10H2,1H3,(H,19,20)/t11-/m1/s1. The Kier molecular flexibility index (Phi) is 5.09. The van der Waals surface area contributed by atoms with Crippen LogP contribution in [0, 0.1) is 0 Å². The first-order chi connectivity index (χ1) is 9.66. The minimum Gasteiger partial charge on any atom is -0.324 e. The van der Waals surface area contributed by atoms with Crippen LogP contribution in [0.25, 0.3) is 0 Å². The van der Waals surface area contributed by atoms with Crippen molar-refractivity contribution in [1.82, 2.24) is 10.3 Å². The van der Waals surface area contributed by atoms with Crippen LogP contribution in [0.5, 0.6) is 0 Å². The van der Waals surface area contributed by atoms with Crippen LogP contribution in [0.3, 0.4) is 0 Å². The molecule has 1 atom stereocenters. The number of halogens is 1. The predicted molar refractivity (Wildman–Crippen MR) is 80.7 cm³/mol. The predicted octanol–water partition coefficient (Wildman–Crippen LogP) is 3.02. The van der Waals surface area contributed by atoms with Crippen molar-refractivity contribution in [2.45, 2.75) is 13.0 Å². The number of aromatic nitrogens is 1. The summed E-state index contributed by atoms with van der Waals surface area (Å²) >= 11 is 5.98. The van der Waals surface area contributed by atoms with Gasteiger partial charge in [0.15, 0.2) is 0 Å². The Morgan fingerprint density at radius 3 is 2.80 bits per heavy atom. The molecule has 1 aromatic carbocycles. The molecule has 0 aliphatic rings. The summed E-state index contributed by atoms with van der Waals surface area (Å²) in [7, 11) is 0. The molecule has 1 heterocycles. The van der Waals surface area contributed by atoms with Gasteiger partial charge in [0.1, 0.15) is 0 Å². The first kappa shape index (κ1) is 14.5. The van der Waals surface area contributed by atoms with Gasteiger partial charge in [-0.2, -0.15) is 0 Å². The van der Waals surface area contributed by atoms with Crippen molar-refractivity contribution < 1.29 is 4.79 Å². The lowest BCUT2D eigenvalue weighted by atomic mass is 10.1. The molecule has 0 fully saturated rings. The zero-order chi connectivity index (χ0) is 14.4. The number of amides is 1. The van der Waals surface area contributed by atoms with E-state index in [9.17, 15) is 4.79 Å². The summed E-state index contributed by atoms with van der Waals surface area (Å²) in [5.41, 5.74) is 1.66. The van der Waals surface area contributed by atoms with Gasteiger partial charge >= 0.3 is 0 Å². The van der Waals surface area contributed by atoms with E-state index in [0.717, 1.165) is 5.56 Å². The number of hydrogen-bond donors (Lipinski definition) is 2. The maximum atomic E-state index is 11.9. The molecule has 0 unspecified atom stereocenters. The van der Waals surface area contributed by atoms with Crippen LogP contribution in [0.4, 0.5) is 5.69 Å². The molecule has 0 radical (unpaired) electrons. The number of nitrogens with zero attached hydrogens (tertiary/aromatic N) is 1. The number of para-hydroxylation sites is 1. The zero-order valence-corrected chi connectivity index (χ0v) is 11.9. The lowest BCUT2D eigenvalue weighted by molar-refractivity contribution is -0.115. The maximum Gasteiger partial charge on any atom is 0.238 e. The van der Waals surface area contributed by atoms with Crippen LogP contribution in [-0.4, -0.2) is 17.4 Å². The Bertz CT molecular complexity index is 574. The molecule has 0 saturated carbocycles. The summed E-state index contributed by atoms with van der Waals surface area (Å²) in [4.78, 5) is 15.9. The molecule has 2 aromatic rings. The Hall–Kier alpha value is -1.91. The summed E-state index contributed by atoms with van der Waals surface area (Å²) in [6, 6.07) is 11.1. The number of carbonyl (C=O) groups excluding carboxylic acids is 1. The molecule has 0 bridgehead atoms. The monoisotopic (exact) mass is 289 g/mol. The number of pyridine rings is 1. The third-order valence-corrected chi connectivity index (χ3v) is 3.23. The van der Waals surface area contributed by atoms with Crippen molar-refractivity contribution in [2.24, 2.45) is 0 Å². The number of anilines is 1. The lowest BCUT2D eigenvalue weighted by Gasteiger charge is -2.14. The Balaban J connectivity index is 1.85. The van der Waals surface area contributed by atoms with E-state index in [1.54, 1.807) is 24.5 Å². The van der Waals surface area contributed by atoms with Crippen molar-refractivity contribution in [2.75, 3.05) is 11.9 Å². The fraction of sp³-hybridized carbons (Fsp3) is 0.200. The molecule has 1 amide bonds. The number of nitrogens with one attached hydrogen (secondary N) is 2. The second-order valence-corrected chi connectivity index (χ2v) is 4.82. The van der Waals surface area contributed by atoms with Gasteiger partial charge in [0.2, 0.25) is 5.91 Å². The van der Waals surface area contributed by atoms with Gasteiger partial charge in [-0.05, 0) is 30.7 Å². The van der Waals surface area contributed by atoms with Crippen LogP contribution >= 0.6 is 11.6 Å². The number of benzene rings is 1. The average Bonchev–Trinajstić information content (AvgIpc) is 2.48. The summed E-state index contributed by atoms with van der Waals surface area (Å²) in [6.07, 6.45) is 3.50. The molecular weight excluding hydrogens is 274 g/mol. The highest BCUT2D eigenvalue weighted by atomic mass is 35.5. The summed E-state index contributed by atoms with van der Waals surface area (Å²) in [5, 5.41) is 6.44. The van der Waals surface area contributed by atoms with E-state index >= 15 is 0 Å². The zero-order valence-electron chi connectivity index (χ0n) is 11.1. The normalized spacial score (nSPS) is 11.9. The van der Waals surface area contributed by atoms with Crippen molar-refractivity contribution in [3.63, 3.8) is 0 Å². The van der Waals surface area contributed by atoms with E-state index < -0.39 is 0 Å². The molecule has 2 rings (SSSR count). The van der Waals surface area contributed by atoms with E-state index in [4.69, 9.17) is 11.6 Å². The summed E-state index contributed by atoms with van der Waals surface area (Å²) < 4.78 is 0. The molecule has 0 saturated heterocycles.